The molecule has 6 nitrogen and oxygen atoms in total. The highest BCUT2D eigenvalue weighted by Crippen LogP contribution is 2.67. The van der Waals surface area contributed by atoms with Crippen molar-refractivity contribution >= 4 is 7.60 Å². The molecule has 0 saturated carbocycles. The second-order valence-corrected chi connectivity index (χ2v) is 6.36. The van der Waals surface area contributed by atoms with Crippen molar-refractivity contribution in [3.63, 3.8) is 0 Å². The van der Waals surface area contributed by atoms with Gasteiger partial charge in [-0.15, -0.1) is 0 Å². The Morgan fingerprint density at radius 2 is 1.39 bits per heavy atom. The van der Waals surface area contributed by atoms with Crippen LogP contribution in [-0.2, 0) is 19.3 Å². The van der Waals surface area contributed by atoms with Crippen LogP contribution in [-0.4, -0.2) is 34.5 Å². The first kappa shape index (κ1) is 19.7. The summed E-state index contributed by atoms with van der Waals surface area (Å²) < 4.78 is 66.7. The van der Waals surface area contributed by atoms with Gasteiger partial charge in [-0.25, -0.2) is 0 Å². The summed E-state index contributed by atoms with van der Waals surface area (Å²) >= 11 is 0. The lowest BCUT2D eigenvalue weighted by Crippen LogP contribution is -2.18. The molecule has 1 aromatic rings. The molecular formula is C14H21F2O6P. The average molecular weight is 354 g/mol. The Kier molecular flexibility index (Phi) is 6.80. The van der Waals surface area contributed by atoms with Crippen LogP contribution in [0, 0.1) is 0 Å². The fraction of sp³-hybridized carbons (Fsp3) is 0.571. The maximum absolute atomic E-state index is 14.8. The third kappa shape index (κ3) is 3.76. The second kappa shape index (κ2) is 7.95. The van der Waals surface area contributed by atoms with Crippen molar-refractivity contribution in [2.45, 2.75) is 19.5 Å². The minimum Gasteiger partial charge on any atom is -0.493 e. The van der Waals surface area contributed by atoms with Crippen LogP contribution in [0.15, 0.2) is 12.1 Å². The minimum absolute atomic E-state index is 0.0149. The van der Waals surface area contributed by atoms with E-state index in [-0.39, 0.29) is 30.5 Å². The fourth-order valence-corrected chi connectivity index (χ4v) is 3.48. The monoisotopic (exact) mass is 354 g/mol. The van der Waals surface area contributed by atoms with E-state index in [0.717, 1.165) is 12.1 Å². The molecule has 0 fully saturated rings. The molecule has 0 aliphatic rings. The molecule has 0 atom stereocenters. The maximum Gasteiger partial charge on any atom is 0.404 e. The summed E-state index contributed by atoms with van der Waals surface area (Å²) in [6.07, 6.45) is 0. The van der Waals surface area contributed by atoms with Crippen LogP contribution in [0.2, 0.25) is 0 Å². The summed E-state index contributed by atoms with van der Waals surface area (Å²) in [5.41, 5.74) is -4.50. The zero-order chi connectivity index (χ0) is 17.7. The van der Waals surface area contributed by atoms with E-state index in [9.17, 15) is 13.3 Å². The molecule has 0 saturated heterocycles. The molecule has 1 aromatic carbocycles. The second-order valence-electron chi connectivity index (χ2n) is 4.29. The Morgan fingerprint density at radius 1 is 0.957 bits per heavy atom. The number of alkyl halides is 2. The van der Waals surface area contributed by atoms with Crippen molar-refractivity contribution in [2.75, 3.05) is 34.5 Å². The van der Waals surface area contributed by atoms with E-state index in [1.54, 1.807) is 0 Å². The lowest BCUT2D eigenvalue weighted by Gasteiger charge is -2.26. The molecule has 0 unspecified atom stereocenters. The number of hydrogen-bond acceptors (Lipinski definition) is 6. The molecule has 1 rings (SSSR count). The van der Waals surface area contributed by atoms with Crippen LogP contribution in [0.3, 0.4) is 0 Å². The molecule has 132 valence electrons. The third-order valence-electron chi connectivity index (χ3n) is 2.95. The highest BCUT2D eigenvalue weighted by Gasteiger charge is 2.55. The van der Waals surface area contributed by atoms with Gasteiger partial charge in [0, 0.05) is 5.56 Å². The summed E-state index contributed by atoms with van der Waals surface area (Å²) in [4.78, 5) is 0. The normalized spacial score (nSPS) is 12.1. The highest BCUT2D eigenvalue weighted by molar-refractivity contribution is 7.54. The van der Waals surface area contributed by atoms with E-state index in [1.807, 2.05) is 0 Å². The number of rotatable bonds is 9. The molecule has 0 radical (unpaired) electrons. The molecule has 0 aliphatic carbocycles. The SMILES string of the molecule is CCOP(=O)(OCC)C(F)(F)c1cc(OC)c(OC)c(OC)c1. The van der Waals surface area contributed by atoms with Gasteiger partial charge in [-0.3, -0.25) is 4.57 Å². The van der Waals surface area contributed by atoms with Gasteiger partial charge in [-0.05, 0) is 26.0 Å². The van der Waals surface area contributed by atoms with Crippen LogP contribution < -0.4 is 14.2 Å². The summed E-state index contributed by atoms with van der Waals surface area (Å²) in [5, 5.41) is 0. The van der Waals surface area contributed by atoms with Crippen molar-refractivity contribution in [3.05, 3.63) is 17.7 Å². The highest BCUT2D eigenvalue weighted by atomic mass is 31.2. The van der Waals surface area contributed by atoms with E-state index in [0.29, 0.717) is 0 Å². The van der Waals surface area contributed by atoms with Crippen molar-refractivity contribution in [2.24, 2.45) is 0 Å². The quantitative estimate of drug-likeness (QED) is 0.624. The topological polar surface area (TPSA) is 63.2 Å². The Balaban J connectivity index is 3.50. The Labute approximate surface area is 134 Å². The van der Waals surface area contributed by atoms with Crippen LogP contribution >= 0.6 is 7.60 Å². The van der Waals surface area contributed by atoms with Crippen molar-refractivity contribution in [1.29, 1.82) is 0 Å². The van der Waals surface area contributed by atoms with Gasteiger partial charge in [0.15, 0.2) is 11.5 Å². The smallest absolute Gasteiger partial charge is 0.404 e. The predicted octanol–water partition coefficient (Wildman–Crippen LogP) is 4.03. The lowest BCUT2D eigenvalue weighted by atomic mass is 10.2. The molecular weight excluding hydrogens is 333 g/mol. The summed E-state index contributed by atoms with van der Waals surface area (Å²) in [7, 11) is -0.772. The Bertz CT molecular complexity index is 543. The first-order valence-corrected chi connectivity index (χ1v) is 8.43. The van der Waals surface area contributed by atoms with E-state index >= 15 is 0 Å². The maximum atomic E-state index is 14.8. The van der Waals surface area contributed by atoms with E-state index in [1.165, 1.54) is 35.2 Å². The molecule has 0 N–H and O–H groups in total. The van der Waals surface area contributed by atoms with Crippen LogP contribution in [0.1, 0.15) is 19.4 Å². The zero-order valence-electron chi connectivity index (χ0n) is 13.7. The average Bonchev–Trinajstić information content (AvgIpc) is 2.53. The summed E-state index contributed by atoms with van der Waals surface area (Å²) in [6, 6.07) is 2.04. The predicted molar refractivity (Wildman–Crippen MR) is 80.9 cm³/mol. The number of benzene rings is 1. The summed E-state index contributed by atoms with van der Waals surface area (Å²) in [6.45, 7) is 2.54. The van der Waals surface area contributed by atoms with Crippen LogP contribution in [0.4, 0.5) is 8.78 Å². The molecule has 9 heteroatoms. The molecule has 0 bridgehead atoms. The minimum atomic E-state index is -4.71. The van der Waals surface area contributed by atoms with E-state index < -0.39 is 18.8 Å². The number of halogens is 2. The van der Waals surface area contributed by atoms with E-state index in [4.69, 9.17) is 23.3 Å². The Morgan fingerprint density at radius 3 is 1.70 bits per heavy atom. The third-order valence-corrected chi connectivity index (χ3v) is 5.10. The number of hydrogen-bond donors (Lipinski definition) is 0. The van der Waals surface area contributed by atoms with Gasteiger partial charge in [0.2, 0.25) is 5.75 Å². The number of ether oxygens (including phenoxy) is 3. The molecule has 0 aliphatic heterocycles. The van der Waals surface area contributed by atoms with Crippen LogP contribution in [0.5, 0.6) is 17.2 Å². The van der Waals surface area contributed by atoms with Crippen molar-refractivity contribution in [1.82, 2.24) is 0 Å². The first-order valence-electron chi connectivity index (χ1n) is 6.88. The summed E-state index contributed by atoms with van der Waals surface area (Å²) in [5.74, 6) is 0.180. The molecule has 0 spiro atoms. The van der Waals surface area contributed by atoms with E-state index in [2.05, 4.69) is 0 Å². The molecule has 0 aromatic heterocycles. The van der Waals surface area contributed by atoms with Gasteiger partial charge in [0.05, 0.1) is 34.5 Å². The van der Waals surface area contributed by atoms with Crippen LogP contribution in [0.25, 0.3) is 0 Å². The Hall–Kier alpha value is -1.37. The lowest BCUT2D eigenvalue weighted by molar-refractivity contribution is 0.0356. The van der Waals surface area contributed by atoms with Crippen molar-refractivity contribution in [3.8, 4) is 17.2 Å². The van der Waals surface area contributed by atoms with Gasteiger partial charge in [0.25, 0.3) is 0 Å². The van der Waals surface area contributed by atoms with Gasteiger partial charge in [0.1, 0.15) is 0 Å². The van der Waals surface area contributed by atoms with Crippen molar-refractivity contribution < 1.29 is 36.6 Å². The molecule has 23 heavy (non-hydrogen) atoms. The van der Waals surface area contributed by atoms with Gasteiger partial charge in [-0.2, -0.15) is 8.78 Å². The molecule has 0 amide bonds. The van der Waals surface area contributed by atoms with Gasteiger partial charge >= 0.3 is 13.3 Å². The largest absolute Gasteiger partial charge is 0.493 e. The van der Waals surface area contributed by atoms with Gasteiger partial charge < -0.3 is 23.3 Å². The standard InChI is InChI=1S/C14H21F2O6P/c1-6-21-23(17,22-7-2)14(15,16)10-8-11(18-3)13(20-5)12(9-10)19-4/h8-9H,6-7H2,1-5H3. The fourth-order valence-electron chi connectivity index (χ4n) is 1.95. The zero-order valence-corrected chi connectivity index (χ0v) is 14.6. The molecule has 0 heterocycles. The van der Waals surface area contributed by atoms with Gasteiger partial charge in [-0.1, -0.05) is 0 Å². The number of methoxy groups -OCH3 is 3. The first-order chi connectivity index (χ1) is 10.8.